The molecule has 0 aliphatic carbocycles. The summed E-state index contributed by atoms with van der Waals surface area (Å²) in [5, 5.41) is 6.86. The number of thioether (sulfide) groups is 1. The van der Waals surface area contributed by atoms with Crippen LogP contribution in [0.3, 0.4) is 0 Å². The largest absolute Gasteiger partial charge is 0.472 e. The molecule has 120 valence electrons. The van der Waals surface area contributed by atoms with Crippen molar-refractivity contribution in [2.45, 2.75) is 17.3 Å². The van der Waals surface area contributed by atoms with Gasteiger partial charge in [-0.1, -0.05) is 23.9 Å². The van der Waals surface area contributed by atoms with Crippen molar-refractivity contribution in [3.05, 3.63) is 52.0 Å². The summed E-state index contributed by atoms with van der Waals surface area (Å²) in [5.74, 6) is -3.34. The summed E-state index contributed by atoms with van der Waals surface area (Å²) in [6, 6.07) is 5.75. The molecule has 0 unspecified atom stereocenters. The third kappa shape index (κ3) is 4.62. The summed E-state index contributed by atoms with van der Waals surface area (Å²) in [6.07, 6.45) is 1.52. The quantitative estimate of drug-likeness (QED) is 0.279. The Morgan fingerprint density at radius 1 is 1.52 bits per heavy atom. The molecule has 0 radical (unpaired) electrons. The Morgan fingerprint density at radius 2 is 2.30 bits per heavy atom. The van der Waals surface area contributed by atoms with E-state index in [-0.39, 0.29) is 40.3 Å². The summed E-state index contributed by atoms with van der Waals surface area (Å²) >= 11 is 4.22. The van der Waals surface area contributed by atoms with Gasteiger partial charge < -0.3 is 4.74 Å². The maximum absolute atomic E-state index is 12.7. The normalized spacial score (nSPS) is 10.4. The van der Waals surface area contributed by atoms with Gasteiger partial charge in [0, 0.05) is 33.2 Å². The lowest BCUT2D eigenvalue weighted by Crippen LogP contribution is -2.07. The molecule has 0 bridgehead atoms. The number of azide groups is 1. The van der Waals surface area contributed by atoms with Crippen LogP contribution in [0.15, 0.2) is 40.5 Å². The van der Waals surface area contributed by atoms with Crippen molar-refractivity contribution in [3.8, 4) is 5.88 Å². The number of thiol groups is 1. The summed E-state index contributed by atoms with van der Waals surface area (Å²) < 4.78 is 31.9. The molecule has 1 heterocycles. The van der Waals surface area contributed by atoms with Gasteiger partial charge in [0.25, 0.3) is 5.76 Å². The van der Waals surface area contributed by atoms with Crippen LogP contribution in [-0.2, 0) is 6.61 Å². The van der Waals surface area contributed by atoms with Crippen LogP contribution in [0.25, 0.3) is 10.4 Å². The van der Waals surface area contributed by atoms with Crippen molar-refractivity contribution in [2.24, 2.45) is 5.11 Å². The number of benzene rings is 1. The van der Waals surface area contributed by atoms with Gasteiger partial charge in [-0.3, -0.25) is 4.79 Å². The highest BCUT2D eigenvalue weighted by molar-refractivity contribution is 7.99. The van der Waals surface area contributed by atoms with Gasteiger partial charge >= 0.3 is 0 Å². The highest BCUT2D eigenvalue weighted by Crippen LogP contribution is 2.31. The molecule has 23 heavy (non-hydrogen) atoms. The molecule has 1 amide bonds. The molecular formula is C12H9F2N5O2S2. The third-order valence-corrected chi connectivity index (χ3v) is 3.67. The first-order valence-electron chi connectivity index (χ1n) is 6.05. The standard InChI is InChI=1S/C12H9F2N5O2S2/c13-12(14)23-9-3-1-2-7(11(20)16-18-15)8(9)6-21-10-4-5-19(22)17-10/h1-5,12,22H,6H2. The highest BCUT2D eigenvalue weighted by atomic mass is 32.2. The molecule has 2 rings (SSSR count). The number of aromatic nitrogens is 2. The first-order chi connectivity index (χ1) is 11.0. The second-order valence-electron chi connectivity index (χ2n) is 4.02. The van der Waals surface area contributed by atoms with Crippen molar-refractivity contribution < 1.29 is 18.3 Å². The van der Waals surface area contributed by atoms with Gasteiger partial charge in [0.05, 0.1) is 0 Å². The Labute approximate surface area is 138 Å². The Morgan fingerprint density at radius 3 is 2.91 bits per heavy atom. The number of nitrogens with zero attached hydrogens (tertiary/aromatic N) is 5. The first kappa shape index (κ1) is 17.1. The number of amides is 1. The van der Waals surface area contributed by atoms with Crippen LogP contribution in [0.5, 0.6) is 5.88 Å². The zero-order valence-electron chi connectivity index (χ0n) is 11.3. The SMILES string of the molecule is [N-]=[N+]=NC(=O)c1cccc(SC(F)F)c1COc1ccn(S)n1. The number of carbonyl (C=O) groups is 1. The fourth-order valence-corrected chi connectivity index (χ4v) is 2.55. The summed E-state index contributed by atoms with van der Waals surface area (Å²) in [6.45, 7) is -0.192. The van der Waals surface area contributed by atoms with Gasteiger partial charge in [-0.15, -0.1) is 5.10 Å². The monoisotopic (exact) mass is 357 g/mol. The number of halogens is 2. The Bertz CT molecular complexity index is 762. The molecule has 0 aliphatic rings. The molecule has 11 heteroatoms. The number of hydrogen-bond donors (Lipinski definition) is 1. The van der Waals surface area contributed by atoms with Crippen molar-refractivity contribution in [1.82, 2.24) is 9.19 Å². The lowest BCUT2D eigenvalue weighted by Gasteiger charge is -2.12. The number of rotatable bonds is 6. The summed E-state index contributed by atoms with van der Waals surface area (Å²) in [4.78, 5) is 14.4. The molecule has 0 aliphatic heterocycles. The van der Waals surface area contributed by atoms with Crippen LogP contribution in [0, 0.1) is 0 Å². The molecule has 0 N–H and O–H groups in total. The van der Waals surface area contributed by atoms with E-state index in [4.69, 9.17) is 10.3 Å². The minimum absolute atomic E-state index is 0.00115. The van der Waals surface area contributed by atoms with E-state index in [0.29, 0.717) is 0 Å². The number of carbonyl (C=O) groups excluding carboxylic acids is 1. The molecule has 0 fully saturated rings. The molecule has 7 nitrogen and oxygen atoms in total. The van der Waals surface area contributed by atoms with Crippen LogP contribution in [0.4, 0.5) is 8.78 Å². The van der Waals surface area contributed by atoms with Gasteiger partial charge in [-0.2, -0.15) is 8.78 Å². The maximum atomic E-state index is 12.7. The fraction of sp³-hybridized carbons (Fsp3) is 0.167. The Kier molecular flexibility index (Phi) is 5.85. The second-order valence-corrected chi connectivity index (χ2v) is 5.46. The lowest BCUT2D eigenvalue weighted by atomic mass is 10.1. The van der Waals surface area contributed by atoms with Crippen molar-refractivity contribution in [3.63, 3.8) is 0 Å². The van der Waals surface area contributed by atoms with Crippen molar-refractivity contribution >= 4 is 30.5 Å². The maximum Gasteiger partial charge on any atom is 0.288 e. The lowest BCUT2D eigenvalue weighted by molar-refractivity contribution is 0.0997. The summed E-state index contributed by atoms with van der Waals surface area (Å²) in [7, 11) is 0. The molecular weight excluding hydrogens is 348 g/mol. The van der Waals surface area contributed by atoms with E-state index in [0.717, 1.165) is 0 Å². The van der Waals surface area contributed by atoms with Crippen LogP contribution in [0.1, 0.15) is 15.9 Å². The number of ether oxygens (including phenoxy) is 1. The van der Waals surface area contributed by atoms with Crippen LogP contribution >= 0.6 is 24.6 Å². The van der Waals surface area contributed by atoms with Gasteiger partial charge in [0.1, 0.15) is 6.61 Å². The van der Waals surface area contributed by atoms with Gasteiger partial charge in [-0.05, 0) is 29.5 Å². The predicted octanol–water partition coefficient (Wildman–Crippen LogP) is 3.92. The minimum Gasteiger partial charge on any atom is -0.472 e. The molecule has 0 saturated carbocycles. The fourth-order valence-electron chi connectivity index (χ4n) is 1.74. The third-order valence-electron chi connectivity index (χ3n) is 2.63. The van der Waals surface area contributed by atoms with Gasteiger partial charge in [0.2, 0.25) is 11.8 Å². The highest BCUT2D eigenvalue weighted by Gasteiger charge is 2.18. The van der Waals surface area contributed by atoms with E-state index in [9.17, 15) is 13.6 Å². The van der Waals surface area contributed by atoms with E-state index in [1.807, 2.05) is 0 Å². The minimum atomic E-state index is -2.67. The van der Waals surface area contributed by atoms with Crippen molar-refractivity contribution in [2.75, 3.05) is 0 Å². The second kappa shape index (κ2) is 7.86. The van der Waals surface area contributed by atoms with E-state index in [2.05, 4.69) is 27.9 Å². The van der Waals surface area contributed by atoms with E-state index < -0.39 is 11.7 Å². The number of alkyl halides is 2. The topological polar surface area (TPSA) is 92.9 Å². The molecule has 0 saturated heterocycles. The van der Waals surface area contributed by atoms with Crippen LogP contribution in [-0.4, -0.2) is 20.9 Å². The van der Waals surface area contributed by atoms with E-state index in [1.165, 1.54) is 34.5 Å². The van der Waals surface area contributed by atoms with Gasteiger partial charge in [0.15, 0.2) is 0 Å². The first-order valence-corrected chi connectivity index (χ1v) is 7.33. The average Bonchev–Trinajstić information content (AvgIpc) is 2.91. The van der Waals surface area contributed by atoms with E-state index >= 15 is 0 Å². The smallest absolute Gasteiger partial charge is 0.288 e. The van der Waals surface area contributed by atoms with Crippen LogP contribution in [0.2, 0.25) is 0 Å². The zero-order valence-corrected chi connectivity index (χ0v) is 13.0. The van der Waals surface area contributed by atoms with E-state index in [1.54, 1.807) is 0 Å². The average molecular weight is 357 g/mol. The molecule has 1 aromatic carbocycles. The molecule has 1 aromatic heterocycles. The predicted molar refractivity (Wildman–Crippen MR) is 82.7 cm³/mol. The zero-order chi connectivity index (χ0) is 16.8. The van der Waals surface area contributed by atoms with Crippen molar-refractivity contribution in [1.29, 1.82) is 0 Å². The molecule has 2 aromatic rings. The Balaban J connectivity index is 2.34. The molecule has 0 spiro atoms. The Hall–Kier alpha value is -2.23. The number of hydrogen-bond acceptors (Lipinski definition) is 5. The van der Waals surface area contributed by atoms with Gasteiger partial charge in [-0.25, -0.2) is 4.09 Å². The van der Waals surface area contributed by atoms with Crippen LogP contribution < -0.4 is 4.74 Å². The molecule has 0 atom stereocenters. The summed E-state index contributed by atoms with van der Waals surface area (Å²) in [5.41, 5.74) is 8.57.